The van der Waals surface area contributed by atoms with Crippen LogP contribution in [0.5, 0.6) is 5.75 Å². The highest BCUT2D eigenvalue weighted by molar-refractivity contribution is 5.77. The maximum absolute atomic E-state index is 12.2. The van der Waals surface area contributed by atoms with Crippen LogP contribution < -0.4 is 10.1 Å². The summed E-state index contributed by atoms with van der Waals surface area (Å²) in [5, 5.41) is 3.01. The Hall–Kier alpha value is -2.33. The van der Waals surface area contributed by atoms with Gasteiger partial charge in [0.1, 0.15) is 5.75 Å². The molecule has 1 N–H and O–H groups in total. The van der Waals surface area contributed by atoms with Crippen LogP contribution in [0.2, 0.25) is 0 Å². The molecule has 2 rings (SSSR count). The lowest BCUT2D eigenvalue weighted by molar-refractivity contribution is -0.123. The molecule has 4 nitrogen and oxygen atoms in total. The summed E-state index contributed by atoms with van der Waals surface area (Å²) in [4.78, 5) is 14.5. The molecule has 0 unspecified atom stereocenters. The van der Waals surface area contributed by atoms with Gasteiger partial charge < -0.3 is 10.1 Å². The third-order valence-electron chi connectivity index (χ3n) is 4.32. The number of rotatable bonds is 9. The van der Waals surface area contributed by atoms with E-state index in [4.69, 9.17) is 4.74 Å². The highest BCUT2D eigenvalue weighted by atomic mass is 16.5. The van der Waals surface area contributed by atoms with Crippen molar-refractivity contribution in [2.24, 2.45) is 0 Å². The molecule has 1 amide bonds. The molecule has 0 radical (unpaired) electrons. The van der Waals surface area contributed by atoms with Crippen LogP contribution in [0.15, 0.2) is 54.6 Å². The first-order valence-corrected chi connectivity index (χ1v) is 8.89. The number of carbonyl (C=O) groups is 1. The summed E-state index contributed by atoms with van der Waals surface area (Å²) in [6.07, 6.45) is 0. The lowest BCUT2D eigenvalue weighted by Gasteiger charge is -2.30. The molecular weight excluding hydrogens is 312 g/mol. The van der Waals surface area contributed by atoms with E-state index in [9.17, 15) is 4.79 Å². The van der Waals surface area contributed by atoms with Gasteiger partial charge in [0, 0.05) is 6.54 Å². The standard InChI is InChI=1S/C21H28N2O2/c1-4-23(5-2)20(18-9-7-6-8-10-18)15-22-21(24)16-25-19-13-11-17(3)12-14-19/h6-14,20H,4-5,15-16H2,1-3H3,(H,22,24)/t20-/m1/s1. The second-order valence-electron chi connectivity index (χ2n) is 6.05. The smallest absolute Gasteiger partial charge is 0.258 e. The van der Waals surface area contributed by atoms with Gasteiger partial charge in [-0.2, -0.15) is 0 Å². The fourth-order valence-electron chi connectivity index (χ4n) is 2.84. The number of ether oxygens (including phenoxy) is 1. The maximum atomic E-state index is 12.2. The van der Waals surface area contributed by atoms with Gasteiger partial charge in [0.2, 0.25) is 0 Å². The number of hydrogen-bond donors (Lipinski definition) is 1. The Morgan fingerprint density at radius 2 is 1.68 bits per heavy atom. The van der Waals surface area contributed by atoms with Gasteiger partial charge in [-0.1, -0.05) is 61.9 Å². The van der Waals surface area contributed by atoms with E-state index in [-0.39, 0.29) is 18.6 Å². The van der Waals surface area contributed by atoms with Crippen molar-refractivity contribution in [3.8, 4) is 5.75 Å². The molecule has 0 spiro atoms. The molecular formula is C21H28N2O2. The average Bonchev–Trinajstić information content (AvgIpc) is 2.65. The maximum Gasteiger partial charge on any atom is 0.258 e. The van der Waals surface area contributed by atoms with Crippen LogP contribution in [0.3, 0.4) is 0 Å². The Kier molecular flexibility index (Phi) is 7.48. The molecule has 0 aromatic heterocycles. The Bertz CT molecular complexity index is 637. The molecule has 2 aromatic rings. The summed E-state index contributed by atoms with van der Waals surface area (Å²) in [5.41, 5.74) is 2.38. The van der Waals surface area contributed by atoms with E-state index < -0.39 is 0 Å². The molecule has 0 aliphatic heterocycles. The fraction of sp³-hybridized carbons (Fsp3) is 0.381. The molecule has 0 heterocycles. The first-order valence-electron chi connectivity index (χ1n) is 8.89. The second kappa shape index (κ2) is 9.84. The van der Waals surface area contributed by atoms with E-state index in [1.54, 1.807) is 0 Å². The predicted octanol–water partition coefficient (Wildman–Crippen LogP) is 3.57. The SMILES string of the molecule is CCN(CC)[C@H](CNC(=O)COc1ccc(C)cc1)c1ccccc1. The number of nitrogens with one attached hydrogen (secondary N) is 1. The molecule has 1 atom stereocenters. The van der Waals surface area contributed by atoms with Crippen LogP contribution in [0.1, 0.15) is 31.0 Å². The Labute approximate surface area is 150 Å². The highest BCUT2D eigenvalue weighted by Gasteiger charge is 2.18. The fourth-order valence-corrected chi connectivity index (χ4v) is 2.84. The van der Waals surface area contributed by atoms with Gasteiger partial charge in [0.25, 0.3) is 5.91 Å². The number of carbonyl (C=O) groups excluding carboxylic acids is 1. The Morgan fingerprint density at radius 3 is 2.28 bits per heavy atom. The quantitative estimate of drug-likeness (QED) is 0.759. The van der Waals surface area contributed by atoms with Crippen LogP contribution in [0.4, 0.5) is 0 Å². The Morgan fingerprint density at radius 1 is 1.04 bits per heavy atom. The van der Waals surface area contributed by atoms with E-state index in [0.717, 1.165) is 13.1 Å². The van der Waals surface area contributed by atoms with Crippen molar-refractivity contribution in [3.05, 3.63) is 65.7 Å². The minimum absolute atomic E-state index is 0.0306. The molecule has 0 saturated carbocycles. The van der Waals surface area contributed by atoms with Crippen molar-refractivity contribution in [2.75, 3.05) is 26.2 Å². The van der Waals surface area contributed by atoms with Gasteiger partial charge >= 0.3 is 0 Å². The van der Waals surface area contributed by atoms with E-state index in [2.05, 4.69) is 36.2 Å². The van der Waals surface area contributed by atoms with E-state index in [1.165, 1.54) is 11.1 Å². The molecule has 2 aromatic carbocycles. The first kappa shape index (κ1) is 19.0. The number of amides is 1. The van der Waals surface area contributed by atoms with Gasteiger partial charge in [-0.25, -0.2) is 0 Å². The van der Waals surface area contributed by atoms with Crippen molar-refractivity contribution < 1.29 is 9.53 Å². The molecule has 4 heteroatoms. The zero-order chi connectivity index (χ0) is 18.1. The first-order chi connectivity index (χ1) is 12.1. The summed E-state index contributed by atoms with van der Waals surface area (Å²) < 4.78 is 5.55. The van der Waals surface area contributed by atoms with Gasteiger partial charge in [-0.3, -0.25) is 9.69 Å². The molecule has 0 aliphatic carbocycles. The number of aryl methyl sites for hydroxylation is 1. The summed E-state index contributed by atoms with van der Waals surface area (Å²) in [6.45, 7) is 8.78. The van der Waals surface area contributed by atoms with Crippen LogP contribution in [0.25, 0.3) is 0 Å². The minimum atomic E-state index is -0.103. The number of likely N-dealkylation sites (N-methyl/N-ethyl adjacent to an activating group) is 1. The number of benzene rings is 2. The summed E-state index contributed by atoms with van der Waals surface area (Å²) >= 11 is 0. The van der Waals surface area contributed by atoms with Crippen molar-refractivity contribution >= 4 is 5.91 Å². The van der Waals surface area contributed by atoms with Gasteiger partial charge in [0.05, 0.1) is 6.04 Å². The van der Waals surface area contributed by atoms with Gasteiger partial charge in [-0.15, -0.1) is 0 Å². The van der Waals surface area contributed by atoms with Gasteiger partial charge in [0.15, 0.2) is 6.61 Å². The number of nitrogens with zero attached hydrogens (tertiary/aromatic N) is 1. The Balaban J connectivity index is 1.90. The van der Waals surface area contributed by atoms with Crippen LogP contribution in [-0.2, 0) is 4.79 Å². The van der Waals surface area contributed by atoms with Crippen LogP contribution in [0, 0.1) is 6.92 Å². The molecule has 134 valence electrons. The van der Waals surface area contributed by atoms with E-state index in [1.807, 2.05) is 49.4 Å². The van der Waals surface area contributed by atoms with Gasteiger partial charge in [-0.05, 0) is 37.7 Å². The lowest BCUT2D eigenvalue weighted by Crippen LogP contribution is -2.39. The highest BCUT2D eigenvalue weighted by Crippen LogP contribution is 2.19. The van der Waals surface area contributed by atoms with E-state index >= 15 is 0 Å². The van der Waals surface area contributed by atoms with Crippen molar-refractivity contribution in [1.29, 1.82) is 0 Å². The normalized spacial score (nSPS) is 12.0. The zero-order valence-corrected chi connectivity index (χ0v) is 15.4. The molecule has 25 heavy (non-hydrogen) atoms. The van der Waals surface area contributed by atoms with E-state index in [0.29, 0.717) is 12.3 Å². The third kappa shape index (κ3) is 5.91. The predicted molar refractivity (Wildman–Crippen MR) is 102 cm³/mol. The van der Waals surface area contributed by atoms with Crippen LogP contribution in [-0.4, -0.2) is 37.0 Å². The monoisotopic (exact) mass is 340 g/mol. The molecule has 0 saturated heterocycles. The molecule has 0 fully saturated rings. The zero-order valence-electron chi connectivity index (χ0n) is 15.4. The summed E-state index contributed by atoms with van der Waals surface area (Å²) in [6, 6.07) is 18.2. The van der Waals surface area contributed by atoms with Crippen molar-refractivity contribution in [3.63, 3.8) is 0 Å². The minimum Gasteiger partial charge on any atom is -0.484 e. The second-order valence-corrected chi connectivity index (χ2v) is 6.05. The summed E-state index contributed by atoms with van der Waals surface area (Å²) in [5.74, 6) is 0.609. The molecule has 0 bridgehead atoms. The third-order valence-corrected chi connectivity index (χ3v) is 4.32. The van der Waals surface area contributed by atoms with Crippen LogP contribution >= 0.6 is 0 Å². The topological polar surface area (TPSA) is 41.6 Å². The largest absolute Gasteiger partial charge is 0.484 e. The summed E-state index contributed by atoms with van der Waals surface area (Å²) in [7, 11) is 0. The van der Waals surface area contributed by atoms with Crippen molar-refractivity contribution in [1.82, 2.24) is 10.2 Å². The number of hydrogen-bond acceptors (Lipinski definition) is 3. The van der Waals surface area contributed by atoms with Crippen molar-refractivity contribution in [2.45, 2.75) is 26.8 Å². The molecule has 0 aliphatic rings. The average molecular weight is 340 g/mol. The lowest BCUT2D eigenvalue weighted by atomic mass is 10.1.